The van der Waals surface area contributed by atoms with E-state index in [2.05, 4.69) is 9.71 Å². The average Bonchev–Trinajstić information content (AvgIpc) is 3.70. The maximum atomic E-state index is 14.1. The third kappa shape index (κ3) is 5.89. The molecule has 0 saturated heterocycles. The third-order valence-corrected chi connectivity index (χ3v) is 10.3. The molecule has 0 radical (unpaired) electrons. The van der Waals surface area contributed by atoms with Crippen LogP contribution in [0.5, 0.6) is 0 Å². The molecule has 4 aromatic rings. The summed E-state index contributed by atoms with van der Waals surface area (Å²) < 4.78 is 31.6. The summed E-state index contributed by atoms with van der Waals surface area (Å²) in [6.07, 6.45) is 7.68. The Morgan fingerprint density at radius 1 is 1.10 bits per heavy atom. The molecular weight excluding hydrogens is 568 g/mol. The van der Waals surface area contributed by atoms with E-state index in [1.54, 1.807) is 18.3 Å². The number of imidazole rings is 1. The highest BCUT2D eigenvalue weighted by Gasteiger charge is 2.46. The Morgan fingerprint density at radius 2 is 1.86 bits per heavy atom. The summed E-state index contributed by atoms with van der Waals surface area (Å²) in [4.78, 5) is 20.6. The number of amides is 1. The minimum atomic E-state index is -3.72. The molecule has 0 unspecified atom stereocenters. The monoisotopic (exact) mass is 602 g/mol. The highest BCUT2D eigenvalue weighted by atomic mass is 35.5. The van der Waals surface area contributed by atoms with Gasteiger partial charge in [0.25, 0.3) is 0 Å². The lowest BCUT2D eigenvalue weighted by atomic mass is 9.87. The summed E-state index contributed by atoms with van der Waals surface area (Å²) >= 11 is 6.09. The van der Waals surface area contributed by atoms with Crippen molar-refractivity contribution < 1.29 is 13.2 Å². The van der Waals surface area contributed by atoms with Crippen molar-refractivity contribution >= 4 is 33.2 Å². The van der Waals surface area contributed by atoms with Gasteiger partial charge in [-0.05, 0) is 96.7 Å². The van der Waals surface area contributed by atoms with Crippen molar-refractivity contribution in [3.63, 3.8) is 0 Å². The first-order chi connectivity index (χ1) is 20.2. The van der Waals surface area contributed by atoms with E-state index < -0.39 is 10.0 Å². The molecule has 0 spiro atoms. The van der Waals surface area contributed by atoms with Crippen LogP contribution < -0.4 is 9.62 Å². The van der Waals surface area contributed by atoms with Gasteiger partial charge in [0.05, 0.1) is 11.4 Å². The number of carbonyl (C=O) groups is 1. The predicted molar refractivity (Wildman–Crippen MR) is 165 cm³/mol. The van der Waals surface area contributed by atoms with Gasteiger partial charge < -0.3 is 9.47 Å². The highest BCUT2D eigenvalue weighted by molar-refractivity contribution is 7.89. The molecule has 6 rings (SSSR count). The molecule has 0 aliphatic heterocycles. The topological polar surface area (TPSA) is 84.3 Å². The minimum absolute atomic E-state index is 0.0434. The normalized spacial score (nSPS) is 19.7. The van der Waals surface area contributed by atoms with E-state index in [0.29, 0.717) is 18.0 Å². The second-order valence-electron chi connectivity index (χ2n) is 11.3. The van der Waals surface area contributed by atoms with Crippen molar-refractivity contribution in [1.82, 2.24) is 14.3 Å². The van der Waals surface area contributed by atoms with Crippen LogP contribution in [0.1, 0.15) is 66.2 Å². The summed E-state index contributed by atoms with van der Waals surface area (Å²) in [5.41, 5.74) is 4.99. The van der Waals surface area contributed by atoms with Gasteiger partial charge in [-0.25, -0.2) is 18.1 Å². The van der Waals surface area contributed by atoms with Gasteiger partial charge in [0.15, 0.2) is 0 Å². The molecule has 1 fully saturated rings. The molecule has 1 saturated carbocycles. The first-order valence-corrected chi connectivity index (χ1v) is 16.4. The van der Waals surface area contributed by atoms with Gasteiger partial charge >= 0.3 is 0 Å². The van der Waals surface area contributed by atoms with Crippen molar-refractivity contribution in [1.29, 1.82) is 0 Å². The van der Waals surface area contributed by atoms with Crippen LogP contribution in [0.25, 0.3) is 0 Å². The SMILES string of the molecule is CCc1ccc(S(=O)(=O)N[C@H]2CCCc3ccc(N(Cc4nccn4C)C(=O)[C@H]4C[C@@H]4c4ccc(Cl)cc4)cc32)cc1. The number of anilines is 1. The van der Waals surface area contributed by atoms with E-state index in [1.807, 2.05) is 84.2 Å². The molecule has 1 amide bonds. The number of halogens is 1. The molecule has 1 N–H and O–H groups in total. The van der Waals surface area contributed by atoms with Crippen LogP contribution in [0.2, 0.25) is 5.02 Å². The molecule has 1 aromatic heterocycles. The van der Waals surface area contributed by atoms with Gasteiger partial charge in [-0.1, -0.05) is 48.9 Å². The molecule has 42 heavy (non-hydrogen) atoms. The lowest BCUT2D eigenvalue weighted by Crippen LogP contribution is -2.34. The van der Waals surface area contributed by atoms with Gasteiger partial charge in [-0.2, -0.15) is 0 Å². The number of benzene rings is 3. The van der Waals surface area contributed by atoms with E-state index in [1.165, 1.54) is 0 Å². The largest absolute Gasteiger partial charge is 0.337 e. The molecule has 3 atom stereocenters. The van der Waals surface area contributed by atoms with Gasteiger partial charge in [-0.3, -0.25) is 4.79 Å². The fourth-order valence-corrected chi connectivity index (χ4v) is 7.35. The van der Waals surface area contributed by atoms with E-state index in [9.17, 15) is 13.2 Å². The fourth-order valence-electron chi connectivity index (χ4n) is 5.97. The van der Waals surface area contributed by atoms with E-state index in [0.717, 1.165) is 59.4 Å². The standard InChI is InChI=1S/C33H35ClN4O3S/c1-3-22-7-15-27(16-8-22)42(40,41)36-31-6-4-5-23-11-14-26(19-29(23)31)38(21-32-35-17-18-37(32)2)33(39)30-20-28(30)24-9-12-25(34)13-10-24/h7-19,28,30-31,36H,3-6,20-21H2,1-2H3/t28-,30+,31+/m1/s1. The number of aromatic nitrogens is 2. The lowest BCUT2D eigenvalue weighted by molar-refractivity contribution is -0.120. The molecule has 7 nitrogen and oxygen atoms in total. The maximum absolute atomic E-state index is 14.1. The molecule has 218 valence electrons. The molecule has 9 heteroatoms. The first kappa shape index (κ1) is 28.6. The number of carbonyl (C=O) groups excluding carboxylic acids is 1. The second-order valence-corrected chi connectivity index (χ2v) is 13.5. The number of sulfonamides is 1. The Hall–Kier alpha value is -3.46. The summed E-state index contributed by atoms with van der Waals surface area (Å²) in [5.74, 6) is 0.831. The van der Waals surface area contributed by atoms with Gasteiger partial charge in [0.2, 0.25) is 15.9 Å². The van der Waals surface area contributed by atoms with Crippen molar-refractivity contribution in [2.45, 2.75) is 62.4 Å². The number of hydrogen-bond donors (Lipinski definition) is 1. The summed E-state index contributed by atoms with van der Waals surface area (Å²) in [7, 11) is -1.80. The summed E-state index contributed by atoms with van der Waals surface area (Å²) in [6, 6.07) is 20.4. The molecular formula is C33H35ClN4O3S. The van der Waals surface area contributed by atoms with Crippen molar-refractivity contribution in [2.75, 3.05) is 4.90 Å². The zero-order valence-electron chi connectivity index (χ0n) is 23.8. The van der Waals surface area contributed by atoms with Crippen molar-refractivity contribution in [3.05, 3.63) is 112 Å². The molecule has 0 bridgehead atoms. The lowest BCUT2D eigenvalue weighted by Gasteiger charge is -2.29. The number of nitrogens with zero attached hydrogens (tertiary/aromatic N) is 3. The third-order valence-electron chi connectivity index (χ3n) is 8.59. The Balaban J connectivity index is 1.30. The first-order valence-electron chi connectivity index (χ1n) is 14.5. The van der Waals surface area contributed by atoms with Gasteiger partial charge in [0.1, 0.15) is 5.82 Å². The Labute approximate surface area is 252 Å². The van der Waals surface area contributed by atoms with Crippen molar-refractivity contribution in [2.24, 2.45) is 13.0 Å². The number of fused-ring (bicyclic) bond motifs is 1. The van der Waals surface area contributed by atoms with Crippen LogP contribution in [0, 0.1) is 5.92 Å². The minimum Gasteiger partial charge on any atom is -0.337 e. The number of hydrogen-bond acceptors (Lipinski definition) is 4. The maximum Gasteiger partial charge on any atom is 0.241 e. The smallest absolute Gasteiger partial charge is 0.241 e. The number of rotatable bonds is 9. The molecule has 3 aromatic carbocycles. The van der Waals surface area contributed by atoms with Gasteiger partial charge in [-0.15, -0.1) is 0 Å². The zero-order valence-corrected chi connectivity index (χ0v) is 25.4. The summed E-state index contributed by atoms with van der Waals surface area (Å²) in [5, 5.41) is 0.677. The Kier molecular flexibility index (Phi) is 7.96. The van der Waals surface area contributed by atoms with Crippen LogP contribution in [0.4, 0.5) is 5.69 Å². The average molecular weight is 603 g/mol. The van der Waals surface area contributed by atoms with Crippen LogP contribution in [0.3, 0.4) is 0 Å². The van der Waals surface area contributed by atoms with Crippen molar-refractivity contribution in [3.8, 4) is 0 Å². The quantitative estimate of drug-likeness (QED) is 0.243. The van der Waals surface area contributed by atoms with E-state index in [4.69, 9.17) is 11.6 Å². The van der Waals surface area contributed by atoms with Gasteiger partial charge in [0, 0.05) is 42.1 Å². The Bertz CT molecular complexity index is 1700. The number of aryl methyl sites for hydroxylation is 3. The number of nitrogens with one attached hydrogen (secondary N) is 1. The Morgan fingerprint density at radius 3 is 2.55 bits per heavy atom. The van der Waals surface area contributed by atoms with Crippen LogP contribution in [-0.4, -0.2) is 23.9 Å². The second kappa shape index (κ2) is 11.7. The molecule has 2 aliphatic rings. The van der Waals surface area contributed by atoms with E-state index >= 15 is 0 Å². The fraction of sp³-hybridized carbons (Fsp3) is 0.333. The highest BCUT2D eigenvalue weighted by Crippen LogP contribution is 2.49. The van der Waals surface area contributed by atoms with Crippen LogP contribution >= 0.6 is 11.6 Å². The predicted octanol–water partition coefficient (Wildman–Crippen LogP) is 6.33. The van der Waals surface area contributed by atoms with Crippen LogP contribution in [0.15, 0.2) is 84.0 Å². The van der Waals surface area contributed by atoms with Crippen LogP contribution in [-0.2, 0) is 41.3 Å². The molecule has 1 heterocycles. The molecule has 2 aliphatic carbocycles. The summed E-state index contributed by atoms with van der Waals surface area (Å²) in [6.45, 7) is 2.37. The van der Waals surface area contributed by atoms with E-state index in [-0.39, 0.29) is 28.7 Å². The zero-order chi connectivity index (χ0) is 29.4.